The van der Waals surface area contributed by atoms with Crippen molar-refractivity contribution in [2.45, 2.75) is 59.0 Å². The lowest BCUT2D eigenvalue weighted by Gasteiger charge is -2.33. The fourth-order valence-corrected chi connectivity index (χ4v) is 2.59. The van der Waals surface area contributed by atoms with Gasteiger partial charge in [-0.25, -0.2) is 0 Å². The standard InChI is InChI=1S/C16H30N2O3/c1-4-12(3)16(21)18-10-6-7-13(11-18)15(20)17-9-8-14(19)5-2/h12-14,19H,4-11H2,1-3H3,(H,17,20). The van der Waals surface area contributed by atoms with E-state index in [-0.39, 0.29) is 29.8 Å². The van der Waals surface area contributed by atoms with Crippen LogP contribution in [0.5, 0.6) is 0 Å². The minimum absolute atomic E-state index is 0.0138. The molecule has 1 fully saturated rings. The van der Waals surface area contributed by atoms with Crippen molar-refractivity contribution in [1.29, 1.82) is 0 Å². The molecule has 5 nitrogen and oxygen atoms in total. The second-order valence-corrected chi connectivity index (χ2v) is 6.07. The number of nitrogens with zero attached hydrogens (tertiary/aromatic N) is 1. The van der Waals surface area contributed by atoms with Gasteiger partial charge in [-0.2, -0.15) is 0 Å². The maximum absolute atomic E-state index is 12.2. The molecule has 0 aromatic rings. The first kappa shape index (κ1) is 18.0. The molecule has 5 heteroatoms. The Morgan fingerprint density at radius 1 is 1.33 bits per heavy atom. The van der Waals surface area contributed by atoms with Crippen molar-refractivity contribution in [2.24, 2.45) is 11.8 Å². The maximum atomic E-state index is 12.2. The van der Waals surface area contributed by atoms with Crippen molar-refractivity contribution in [3.8, 4) is 0 Å². The molecule has 0 bridgehead atoms. The summed E-state index contributed by atoms with van der Waals surface area (Å²) < 4.78 is 0. The molecule has 3 atom stereocenters. The largest absolute Gasteiger partial charge is 0.393 e. The van der Waals surface area contributed by atoms with Crippen LogP contribution in [0.2, 0.25) is 0 Å². The van der Waals surface area contributed by atoms with Gasteiger partial charge in [0.2, 0.25) is 11.8 Å². The van der Waals surface area contributed by atoms with Crippen molar-refractivity contribution in [3.63, 3.8) is 0 Å². The van der Waals surface area contributed by atoms with Gasteiger partial charge in [0.05, 0.1) is 12.0 Å². The lowest BCUT2D eigenvalue weighted by molar-refractivity contribution is -0.138. The predicted molar refractivity (Wildman–Crippen MR) is 82.7 cm³/mol. The quantitative estimate of drug-likeness (QED) is 0.749. The molecule has 0 spiro atoms. The summed E-state index contributed by atoms with van der Waals surface area (Å²) in [6.45, 7) is 7.68. The van der Waals surface area contributed by atoms with Crippen molar-refractivity contribution in [1.82, 2.24) is 10.2 Å². The molecule has 3 unspecified atom stereocenters. The molecule has 1 aliphatic heterocycles. The van der Waals surface area contributed by atoms with Crippen LogP contribution >= 0.6 is 0 Å². The van der Waals surface area contributed by atoms with E-state index in [1.165, 1.54) is 0 Å². The van der Waals surface area contributed by atoms with E-state index in [0.717, 1.165) is 25.8 Å². The van der Waals surface area contributed by atoms with Gasteiger partial charge in [-0.15, -0.1) is 0 Å². The van der Waals surface area contributed by atoms with Crippen LogP contribution in [-0.2, 0) is 9.59 Å². The Morgan fingerprint density at radius 2 is 2.05 bits per heavy atom. The molecule has 1 saturated heterocycles. The van der Waals surface area contributed by atoms with Gasteiger partial charge in [0, 0.05) is 25.6 Å². The van der Waals surface area contributed by atoms with E-state index in [0.29, 0.717) is 25.9 Å². The number of piperidine rings is 1. The highest BCUT2D eigenvalue weighted by atomic mass is 16.3. The van der Waals surface area contributed by atoms with Gasteiger partial charge >= 0.3 is 0 Å². The Balaban J connectivity index is 2.41. The van der Waals surface area contributed by atoms with Crippen LogP contribution in [0.4, 0.5) is 0 Å². The SMILES string of the molecule is CCC(O)CCNC(=O)C1CCCN(C(=O)C(C)CC)C1. The smallest absolute Gasteiger partial charge is 0.225 e. The van der Waals surface area contributed by atoms with Crippen LogP contribution in [0.3, 0.4) is 0 Å². The summed E-state index contributed by atoms with van der Waals surface area (Å²) in [5.41, 5.74) is 0. The second-order valence-electron chi connectivity index (χ2n) is 6.07. The molecule has 1 aliphatic rings. The molecule has 0 aliphatic carbocycles. The zero-order valence-corrected chi connectivity index (χ0v) is 13.6. The first-order valence-electron chi connectivity index (χ1n) is 8.24. The lowest BCUT2D eigenvalue weighted by Crippen LogP contribution is -2.47. The lowest BCUT2D eigenvalue weighted by atomic mass is 9.95. The van der Waals surface area contributed by atoms with E-state index in [9.17, 15) is 14.7 Å². The van der Waals surface area contributed by atoms with Gasteiger partial charge in [-0.3, -0.25) is 9.59 Å². The number of amides is 2. The van der Waals surface area contributed by atoms with E-state index in [2.05, 4.69) is 5.32 Å². The number of carbonyl (C=O) groups is 2. The third kappa shape index (κ3) is 5.65. The highest BCUT2D eigenvalue weighted by Crippen LogP contribution is 2.19. The number of likely N-dealkylation sites (tertiary alicyclic amines) is 1. The second kappa shape index (κ2) is 9.03. The number of aliphatic hydroxyl groups excluding tert-OH is 1. The Bertz CT molecular complexity index is 346. The topological polar surface area (TPSA) is 69.6 Å². The van der Waals surface area contributed by atoms with E-state index in [4.69, 9.17) is 0 Å². The van der Waals surface area contributed by atoms with Crippen LogP contribution < -0.4 is 5.32 Å². The molecule has 0 aromatic carbocycles. The van der Waals surface area contributed by atoms with E-state index < -0.39 is 0 Å². The number of hydrogen-bond donors (Lipinski definition) is 2. The van der Waals surface area contributed by atoms with Crippen molar-refractivity contribution in [2.75, 3.05) is 19.6 Å². The van der Waals surface area contributed by atoms with Gasteiger partial charge in [0.15, 0.2) is 0 Å². The van der Waals surface area contributed by atoms with E-state index in [1.807, 2.05) is 25.7 Å². The highest BCUT2D eigenvalue weighted by Gasteiger charge is 2.29. The number of nitrogens with one attached hydrogen (secondary N) is 1. The van der Waals surface area contributed by atoms with Crippen LogP contribution in [0, 0.1) is 11.8 Å². The molecule has 2 N–H and O–H groups in total. The van der Waals surface area contributed by atoms with Crippen molar-refractivity contribution < 1.29 is 14.7 Å². The normalized spacial score (nSPS) is 21.7. The van der Waals surface area contributed by atoms with Gasteiger partial charge in [0.25, 0.3) is 0 Å². The monoisotopic (exact) mass is 298 g/mol. The molecule has 122 valence electrons. The zero-order valence-electron chi connectivity index (χ0n) is 13.6. The summed E-state index contributed by atoms with van der Waals surface area (Å²) in [7, 11) is 0. The van der Waals surface area contributed by atoms with Gasteiger partial charge < -0.3 is 15.3 Å². The molecule has 0 radical (unpaired) electrons. The Hall–Kier alpha value is -1.10. The summed E-state index contributed by atoms with van der Waals surface area (Å²) in [6, 6.07) is 0. The summed E-state index contributed by atoms with van der Waals surface area (Å²) in [6.07, 6.45) is 3.51. The van der Waals surface area contributed by atoms with Crippen LogP contribution in [-0.4, -0.2) is 47.6 Å². The predicted octanol–water partition coefficient (Wildman–Crippen LogP) is 1.55. The van der Waals surface area contributed by atoms with Gasteiger partial charge in [-0.1, -0.05) is 20.8 Å². The van der Waals surface area contributed by atoms with E-state index in [1.54, 1.807) is 0 Å². The zero-order chi connectivity index (χ0) is 15.8. The Labute approximate surface area is 128 Å². The highest BCUT2D eigenvalue weighted by molar-refractivity contribution is 5.82. The molecule has 0 aromatic heterocycles. The molecule has 1 rings (SSSR count). The third-order valence-corrected chi connectivity index (χ3v) is 4.39. The Morgan fingerprint density at radius 3 is 2.67 bits per heavy atom. The average Bonchev–Trinajstić information content (AvgIpc) is 2.53. The number of aliphatic hydroxyl groups is 1. The van der Waals surface area contributed by atoms with Crippen molar-refractivity contribution >= 4 is 11.8 Å². The first-order chi connectivity index (χ1) is 9.99. The fourth-order valence-electron chi connectivity index (χ4n) is 2.59. The molecule has 1 heterocycles. The summed E-state index contributed by atoms with van der Waals surface area (Å²) in [5, 5.41) is 12.4. The van der Waals surface area contributed by atoms with Gasteiger partial charge in [0.1, 0.15) is 0 Å². The molecular weight excluding hydrogens is 268 g/mol. The first-order valence-corrected chi connectivity index (χ1v) is 8.24. The van der Waals surface area contributed by atoms with Crippen LogP contribution in [0.25, 0.3) is 0 Å². The number of carbonyl (C=O) groups excluding carboxylic acids is 2. The Kier molecular flexibility index (Phi) is 7.72. The minimum atomic E-state index is -0.347. The van der Waals surface area contributed by atoms with E-state index >= 15 is 0 Å². The fraction of sp³-hybridized carbons (Fsp3) is 0.875. The number of rotatable bonds is 7. The molecule has 0 saturated carbocycles. The summed E-state index contributed by atoms with van der Waals surface area (Å²) in [4.78, 5) is 26.2. The molecule has 21 heavy (non-hydrogen) atoms. The summed E-state index contributed by atoms with van der Waals surface area (Å²) >= 11 is 0. The third-order valence-electron chi connectivity index (χ3n) is 4.39. The minimum Gasteiger partial charge on any atom is -0.393 e. The summed E-state index contributed by atoms with van der Waals surface area (Å²) in [5.74, 6) is 0.105. The van der Waals surface area contributed by atoms with Crippen LogP contribution in [0.15, 0.2) is 0 Å². The maximum Gasteiger partial charge on any atom is 0.225 e. The number of hydrogen-bond acceptors (Lipinski definition) is 3. The van der Waals surface area contributed by atoms with Gasteiger partial charge in [-0.05, 0) is 32.1 Å². The molecular formula is C16H30N2O3. The van der Waals surface area contributed by atoms with Crippen molar-refractivity contribution in [3.05, 3.63) is 0 Å². The average molecular weight is 298 g/mol. The van der Waals surface area contributed by atoms with Crippen LogP contribution in [0.1, 0.15) is 52.9 Å². The molecule has 2 amide bonds.